The van der Waals surface area contributed by atoms with Crippen molar-refractivity contribution in [3.05, 3.63) is 60.1 Å². The van der Waals surface area contributed by atoms with Gasteiger partial charge in [0.2, 0.25) is 5.79 Å². The molecule has 2 atom stereocenters. The molecule has 43 heavy (non-hydrogen) atoms. The molecule has 13 heteroatoms. The van der Waals surface area contributed by atoms with Gasteiger partial charge < -0.3 is 32.6 Å². The summed E-state index contributed by atoms with van der Waals surface area (Å²) in [5.41, 5.74) is 1.60. The van der Waals surface area contributed by atoms with E-state index in [0.29, 0.717) is 62.0 Å². The molecule has 1 saturated heterocycles. The molecular weight excluding hydrogens is 592 g/mol. The second-order valence-corrected chi connectivity index (χ2v) is 20.4. The summed E-state index contributed by atoms with van der Waals surface area (Å²) in [5, 5.41) is 4.02. The van der Waals surface area contributed by atoms with Crippen LogP contribution in [0.5, 0.6) is 0 Å². The van der Waals surface area contributed by atoms with Gasteiger partial charge in [-0.25, -0.2) is 9.37 Å². The summed E-state index contributed by atoms with van der Waals surface area (Å²) < 4.78 is 61.8. The standard InChI is InChI=1S/C30H45FN4O6SSi/c1-29(2,3)42(36)34-25(21-37-14-9-13-30(39-16-17-40-30)27-12-15-41-33-27)28-32-20-26(23-10-7-8-11-24(23)31)35(28)22-38-18-19-43(4,5)6/h7-8,10-12,15,20,25,34H,9,13-14,16-19,21-22H2,1-6H3/t25-,42+/m0/s1. The SMILES string of the molecule is CC(C)(C)[S@@+]([O-])N[C@@H](COCCCC1(c2ccon2)OCCO1)c1ncc(-c2ccccc2F)n1COCC[Si](C)(C)C. The van der Waals surface area contributed by atoms with Crippen molar-refractivity contribution in [2.75, 3.05) is 33.0 Å². The third-order valence-corrected chi connectivity index (χ3v) is 10.3. The predicted molar refractivity (Wildman–Crippen MR) is 166 cm³/mol. The zero-order valence-electron chi connectivity index (χ0n) is 26.1. The van der Waals surface area contributed by atoms with E-state index in [1.165, 1.54) is 12.3 Å². The van der Waals surface area contributed by atoms with Crippen LogP contribution in [0.3, 0.4) is 0 Å². The molecule has 3 heterocycles. The van der Waals surface area contributed by atoms with E-state index in [4.69, 9.17) is 28.5 Å². The van der Waals surface area contributed by atoms with E-state index < -0.39 is 36.0 Å². The molecule has 1 aliphatic heterocycles. The highest BCUT2D eigenvalue weighted by Gasteiger charge is 2.40. The maximum Gasteiger partial charge on any atom is 0.215 e. The monoisotopic (exact) mass is 636 g/mol. The van der Waals surface area contributed by atoms with Crippen LogP contribution in [0.15, 0.2) is 47.3 Å². The van der Waals surface area contributed by atoms with E-state index in [1.54, 1.807) is 30.5 Å². The van der Waals surface area contributed by atoms with E-state index >= 15 is 0 Å². The number of nitrogens with zero attached hydrogens (tertiary/aromatic N) is 3. The van der Waals surface area contributed by atoms with E-state index in [-0.39, 0.29) is 19.2 Å². The Kier molecular flexibility index (Phi) is 11.6. The Morgan fingerprint density at radius 1 is 1.14 bits per heavy atom. The number of nitrogens with one attached hydrogen (secondary N) is 1. The van der Waals surface area contributed by atoms with Crippen molar-refractivity contribution in [2.24, 2.45) is 0 Å². The zero-order valence-corrected chi connectivity index (χ0v) is 27.9. The largest absolute Gasteiger partial charge is 0.598 e. The first-order valence-electron chi connectivity index (χ1n) is 14.7. The molecule has 238 valence electrons. The summed E-state index contributed by atoms with van der Waals surface area (Å²) in [5.74, 6) is -0.737. The van der Waals surface area contributed by atoms with Gasteiger partial charge in [-0.2, -0.15) is 0 Å². The van der Waals surface area contributed by atoms with Gasteiger partial charge in [-0.3, -0.25) is 0 Å². The molecule has 0 amide bonds. The Hall–Kier alpha value is -2.10. The van der Waals surface area contributed by atoms with Crippen molar-refractivity contribution < 1.29 is 32.4 Å². The van der Waals surface area contributed by atoms with Gasteiger partial charge in [0.15, 0.2) is 0 Å². The van der Waals surface area contributed by atoms with Crippen molar-refractivity contribution in [1.82, 2.24) is 19.4 Å². The van der Waals surface area contributed by atoms with Gasteiger partial charge >= 0.3 is 0 Å². The Morgan fingerprint density at radius 3 is 2.53 bits per heavy atom. The molecule has 4 rings (SSSR count). The second-order valence-electron chi connectivity index (χ2n) is 12.8. The van der Waals surface area contributed by atoms with Gasteiger partial charge in [0.25, 0.3) is 0 Å². The summed E-state index contributed by atoms with van der Waals surface area (Å²) in [4.78, 5) is 4.69. The quantitative estimate of drug-likeness (QED) is 0.119. The number of aromatic nitrogens is 3. The number of hydrogen-bond donors (Lipinski definition) is 1. The van der Waals surface area contributed by atoms with E-state index in [1.807, 2.05) is 25.3 Å². The molecule has 0 aliphatic carbocycles. The van der Waals surface area contributed by atoms with Crippen LogP contribution in [-0.4, -0.2) is 65.1 Å². The molecule has 0 spiro atoms. The zero-order chi connectivity index (χ0) is 31.1. The molecule has 1 N–H and O–H groups in total. The smallest absolute Gasteiger partial charge is 0.215 e. The lowest BCUT2D eigenvalue weighted by atomic mass is 10.1. The lowest BCUT2D eigenvalue weighted by Gasteiger charge is -2.28. The molecule has 1 aliphatic rings. The van der Waals surface area contributed by atoms with E-state index in [0.717, 1.165) is 6.04 Å². The van der Waals surface area contributed by atoms with Gasteiger partial charge in [0.1, 0.15) is 41.1 Å². The molecule has 0 bridgehead atoms. The summed E-state index contributed by atoms with van der Waals surface area (Å²) in [6.07, 6.45) is 4.29. The molecule has 0 radical (unpaired) electrons. The average molecular weight is 637 g/mol. The molecule has 0 unspecified atom stereocenters. The summed E-state index contributed by atoms with van der Waals surface area (Å²) in [6.45, 7) is 14.9. The number of hydrogen-bond acceptors (Lipinski definition) is 9. The lowest BCUT2D eigenvalue weighted by molar-refractivity contribution is -0.177. The van der Waals surface area contributed by atoms with Crippen molar-refractivity contribution >= 4 is 19.4 Å². The van der Waals surface area contributed by atoms with Crippen molar-refractivity contribution in [1.29, 1.82) is 0 Å². The first kappa shape index (κ1) is 33.8. The van der Waals surface area contributed by atoms with Crippen LogP contribution in [0.4, 0.5) is 4.39 Å². The van der Waals surface area contributed by atoms with Crippen molar-refractivity contribution in [2.45, 2.75) is 82.6 Å². The summed E-state index contributed by atoms with van der Waals surface area (Å²) in [6, 6.07) is 8.78. The van der Waals surface area contributed by atoms with Crippen LogP contribution in [-0.2, 0) is 42.8 Å². The fourth-order valence-electron chi connectivity index (χ4n) is 4.58. The Bertz CT molecular complexity index is 1270. The highest BCUT2D eigenvalue weighted by atomic mass is 32.2. The number of benzene rings is 1. The maximum atomic E-state index is 14.9. The second kappa shape index (κ2) is 14.8. The Labute approximate surface area is 257 Å². The highest BCUT2D eigenvalue weighted by molar-refractivity contribution is 7.90. The van der Waals surface area contributed by atoms with Gasteiger partial charge in [0, 0.05) is 50.7 Å². The first-order chi connectivity index (χ1) is 20.4. The maximum absolute atomic E-state index is 14.9. The third kappa shape index (κ3) is 9.21. The number of halogens is 1. The summed E-state index contributed by atoms with van der Waals surface area (Å²) >= 11 is -1.42. The van der Waals surface area contributed by atoms with Gasteiger partial charge in [-0.15, -0.1) is 4.72 Å². The normalized spacial score (nSPS) is 16.9. The third-order valence-electron chi connectivity index (χ3n) is 7.03. The minimum absolute atomic E-state index is 0.179. The highest BCUT2D eigenvalue weighted by Crippen LogP contribution is 2.35. The lowest BCUT2D eigenvalue weighted by Crippen LogP contribution is -2.43. The van der Waals surface area contributed by atoms with E-state index in [2.05, 4.69) is 29.5 Å². The molecule has 1 fully saturated rings. The molecule has 10 nitrogen and oxygen atoms in total. The summed E-state index contributed by atoms with van der Waals surface area (Å²) in [7, 11) is -1.31. The average Bonchev–Trinajstić information content (AvgIpc) is 3.71. The van der Waals surface area contributed by atoms with Crippen molar-refractivity contribution in [3.8, 4) is 11.3 Å². The van der Waals surface area contributed by atoms with Crippen LogP contribution >= 0.6 is 0 Å². The fourth-order valence-corrected chi connectivity index (χ4v) is 6.12. The molecule has 3 aromatic rings. The van der Waals surface area contributed by atoms with Gasteiger partial charge in [0.05, 0.1) is 31.7 Å². The number of ether oxygens (including phenoxy) is 4. The van der Waals surface area contributed by atoms with Gasteiger partial charge in [-0.05, 0) is 45.4 Å². The van der Waals surface area contributed by atoms with Crippen LogP contribution < -0.4 is 4.72 Å². The minimum atomic E-state index is -1.42. The predicted octanol–water partition coefficient (Wildman–Crippen LogP) is 5.78. The fraction of sp³-hybridized carbons (Fsp3) is 0.600. The molecule has 2 aromatic heterocycles. The molecule has 1 aromatic carbocycles. The molecule has 0 saturated carbocycles. The van der Waals surface area contributed by atoms with Crippen molar-refractivity contribution in [3.63, 3.8) is 0 Å². The van der Waals surface area contributed by atoms with Crippen LogP contribution in [0.2, 0.25) is 25.7 Å². The van der Waals surface area contributed by atoms with Gasteiger partial charge in [-0.1, -0.05) is 36.9 Å². The first-order valence-corrected chi connectivity index (χ1v) is 19.6. The van der Waals surface area contributed by atoms with Crippen LogP contribution in [0, 0.1) is 5.82 Å². The van der Waals surface area contributed by atoms with Crippen LogP contribution in [0.25, 0.3) is 11.3 Å². The number of rotatable bonds is 16. The minimum Gasteiger partial charge on any atom is -0.598 e. The van der Waals surface area contributed by atoms with Crippen LogP contribution in [0.1, 0.15) is 51.2 Å². The topological polar surface area (TPSA) is 116 Å². The Morgan fingerprint density at radius 2 is 1.88 bits per heavy atom. The van der Waals surface area contributed by atoms with E-state index in [9.17, 15) is 8.94 Å². The molecular formula is C30H45FN4O6SSi. The Balaban J connectivity index is 1.52. The number of imidazole rings is 1.